The molecule has 2 aromatic heterocycles. The number of aromatic nitrogens is 1. The molecule has 0 saturated heterocycles. The van der Waals surface area contributed by atoms with Gasteiger partial charge < -0.3 is 4.57 Å². The Morgan fingerprint density at radius 2 is 0.726 bits per heavy atom. The van der Waals surface area contributed by atoms with E-state index in [1.165, 1.54) is 109 Å². The standard InChI is InChI=1S/C60H39NS/c1-4-14-40(15-5-1)42-18-10-19-43(34-42)44-20-11-21-45(35-44)46-22-12-23-47(36-46)48-30-33-59-56(37-48)54-27-13-26-52(60(54)62-59)50-29-32-57-55(38-50)53-31-28-49(41-16-6-2-7-17-41)39-58(53)61(57)51-24-8-3-9-25-51/h1-39H. The molecule has 0 atom stereocenters. The van der Waals surface area contributed by atoms with Crippen molar-refractivity contribution in [2.24, 2.45) is 0 Å². The molecule has 0 saturated carbocycles. The van der Waals surface area contributed by atoms with Crippen LogP contribution in [0.4, 0.5) is 0 Å². The summed E-state index contributed by atoms with van der Waals surface area (Å²) < 4.78 is 5.03. The van der Waals surface area contributed by atoms with E-state index in [0.717, 1.165) is 5.69 Å². The van der Waals surface area contributed by atoms with Gasteiger partial charge in [-0.05, 0) is 127 Å². The first-order valence-electron chi connectivity index (χ1n) is 21.2. The van der Waals surface area contributed by atoms with Gasteiger partial charge in [-0.25, -0.2) is 0 Å². The second-order valence-electron chi connectivity index (χ2n) is 16.1. The highest BCUT2D eigenvalue weighted by molar-refractivity contribution is 7.26. The molecule has 0 unspecified atom stereocenters. The maximum absolute atomic E-state index is 2.42. The monoisotopic (exact) mass is 805 g/mol. The highest BCUT2D eigenvalue weighted by Crippen LogP contribution is 2.44. The van der Waals surface area contributed by atoms with Gasteiger partial charge in [0.05, 0.1) is 11.0 Å². The summed E-state index contributed by atoms with van der Waals surface area (Å²) in [5, 5.41) is 5.10. The van der Waals surface area contributed by atoms with Crippen LogP contribution in [0, 0.1) is 0 Å². The maximum Gasteiger partial charge on any atom is 0.0547 e. The lowest BCUT2D eigenvalue weighted by atomic mass is 9.94. The van der Waals surface area contributed by atoms with Gasteiger partial charge in [0.15, 0.2) is 0 Å². The van der Waals surface area contributed by atoms with E-state index < -0.39 is 0 Å². The molecule has 290 valence electrons. The van der Waals surface area contributed by atoms with Crippen LogP contribution < -0.4 is 0 Å². The Labute approximate surface area is 365 Å². The van der Waals surface area contributed by atoms with E-state index in [-0.39, 0.29) is 0 Å². The molecule has 2 heterocycles. The van der Waals surface area contributed by atoms with Crippen LogP contribution in [0.5, 0.6) is 0 Å². The minimum absolute atomic E-state index is 1.16. The highest BCUT2D eigenvalue weighted by Gasteiger charge is 2.17. The van der Waals surface area contributed by atoms with Gasteiger partial charge in [0.25, 0.3) is 0 Å². The summed E-state index contributed by atoms with van der Waals surface area (Å²) in [4.78, 5) is 0. The lowest BCUT2D eigenvalue weighted by molar-refractivity contribution is 1.18. The van der Waals surface area contributed by atoms with Gasteiger partial charge in [0, 0.05) is 36.6 Å². The fraction of sp³-hybridized carbons (Fsp3) is 0. The molecule has 0 fully saturated rings. The summed E-state index contributed by atoms with van der Waals surface area (Å²) in [5.41, 5.74) is 18.3. The molecular weight excluding hydrogens is 767 g/mol. The molecule has 0 aliphatic rings. The molecule has 0 aliphatic heterocycles. The van der Waals surface area contributed by atoms with Crippen LogP contribution in [0.3, 0.4) is 0 Å². The van der Waals surface area contributed by atoms with Crippen LogP contribution in [-0.4, -0.2) is 4.57 Å². The van der Waals surface area contributed by atoms with Crippen LogP contribution in [0.15, 0.2) is 237 Å². The number of benzene rings is 10. The van der Waals surface area contributed by atoms with Crippen molar-refractivity contribution in [3.63, 3.8) is 0 Å². The molecule has 0 spiro atoms. The summed E-state index contributed by atoms with van der Waals surface area (Å²) in [6, 6.07) is 86.5. The first-order chi connectivity index (χ1) is 30.7. The van der Waals surface area contributed by atoms with Gasteiger partial charge in [0.2, 0.25) is 0 Å². The number of hydrogen-bond donors (Lipinski definition) is 0. The minimum Gasteiger partial charge on any atom is -0.309 e. The zero-order valence-corrected chi connectivity index (χ0v) is 34.7. The lowest BCUT2D eigenvalue weighted by Gasteiger charge is -2.10. The summed E-state index contributed by atoms with van der Waals surface area (Å²) in [7, 11) is 0. The molecule has 12 rings (SSSR count). The smallest absolute Gasteiger partial charge is 0.0547 e. The van der Waals surface area contributed by atoms with Gasteiger partial charge >= 0.3 is 0 Å². The number of thiophene rings is 1. The van der Waals surface area contributed by atoms with Gasteiger partial charge in [-0.1, -0.05) is 176 Å². The predicted octanol–water partition coefficient (Wildman–Crippen LogP) is 17.2. The Balaban J connectivity index is 0.915. The first kappa shape index (κ1) is 36.1. The van der Waals surface area contributed by atoms with Crippen molar-refractivity contribution in [2.45, 2.75) is 0 Å². The number of hydrogen-bond acceptors (Lipinski definition) is 1. The van der Waals surface area contributed by atoms with Crippen molar-refractivity contribution in [3.8, 4) is 72.4 Å². The van der Waals surface area contributed by atoms with E-state index in [0.29, 0.717) is 0 Å². The fourth-order valence-electron chi connectivity index (χ4n) is 9.32. The molecular formula is C60H39NS. The van der Waals surface area contributed by atoms with Gasteiger partial charge in [-0.2, -0.15) is 0 Å². The highest BCUT2D eigenvalue weighted by atomic mass is 32.1. The van der Waals surface area contributed by atoms with Crippen molar-refractivity contribution in [1.82, 2.24) is 4.57 Å². The number of fused-ring (bicyclic) bond motifs is 6. The van der Waals surface area contributed by atoms with Gasteiger partial charge in [0.1, 0.15) is 0 Å². The summed E-state index contributed by atoms with van der Waals surface area (Å²) in [6.07, 6.45) is 0. The zero-order valence-electron chi connectivity index (χ0n) is 33.9. The lowest BCUT2D eigenvalue weighted by Crippen LogP contribution is -1.93. The van der Waals surface area contributed by atoms with Crippen LogP contribution in [0.2, 0.25) is 0 Å². The summed E-state index contributed by atoms with van der Waals surface area (Å²) >= 11 is 1.89. The Kier molecular flexibility index (Phi) is 8.76. The average molecular weight is 806 g/mol. The number of para-hydroxylation sites is 1. The van der Waals surface area contributed by atoms with Crippen LogP contribution in [0.25, 0.3) is 114 Å². The minimum atomic E-state index is 1.16. The zero-order chi connectivity index (χ0) is 41.0. The van der Waals surface area contributed by atoms with Crippen LogP contribution in [-0.2, 0) is 0 Å². The Morgan fingerprint density at radius 3 is 1.34 bits per heavy atom. The van der Waals surface area contributed by atoms with E-state index in [9.17, 15) is 0 Å². The molecule has 1 nitrogen and oxygen atoms in total. The second kappa shape index (κ2) is 15.0. The van der Waals surface area contributed by atoms with Crippen LogP contribution >= 0.6 is 11.3 Å². The third-order valence-corrected chi connectivity index (χ3v) is 13.6. The van der Waals surface area contributed by atoms with Crippen LogP contribution in [0.1, 0.15) is 0 Å². The Hall–Kier alpha value is -7.78. The predicted molar refractivity (Wildman–Crippen MR) is 266 cm³/mol. The largest absolute Gasteiger partial charge is 0.309 e. The van der Waals surface area contributed by atoms with E-state index in [1.54, 1.807) is 0 Å². The van der Waals surface area contributed by atoms with E-state index >= 15 is 0 Å². The third-order valence-electron chi connectivity index (χ3n) is 12.4. The molecule has 10 aromatic carbocycles. The topological polar surface area (TPSA) is 4.93 Å². The van der Waals surface area contributed by atoms with Gasteiger partial charge in [-0.15, -0.1) is 11.3 Å². The van der Waals surface area contributed by atoms with E-state index in [1.807, 2.05) is 11.3 Å². The molecule has 0 aliphatic carbocycles. The molecule has 2 heteroatoms. The number of rotatable bonds is 7. The van der Waals surface area contributed by atoms with E-state index in [2.05, 4.69) is 241 Å². The SMILES string of the molecule is c1ccc(-c2cccc(-c3cccc(-c4cccc(-c5ccc6sc7c(-c8ccc9c(c8)c8ccc(-c%10ccccc%10)cc8n9-c8ccccc8)cccc7c6c5)c4)c3)c2)cc1. The molecule has 0 bridgehead atoms. The van der Waals surface area contributed by atoms with Crippen molar-refractivity contribution < 1.29 is 0 Å². The fourth-order valence-corrected chi connectivity index (χ4v) is 10.5. The molecule has 12 aromatic rings. The molecule has 0 N–H and O–H groups in total. The van der Waals surface area contributed by atoms with Crippen molar-refractivity contribution in [3.05, 3.63) is 237 Å². The molecule has 0 amide bonds. The summed E-state index contributed by atoms with van der Waals surface area (Å²) in [5.74, 6) is 0. The Morgan fingerprint density at radius 1 is 0.258 bits per heavy atom. The Bertz CT molecular complexity index is 3610. The van der Waals surface area contributed by atoms with Crippen molar-refractivity contribution >= 4 is 53.3 Å². The van der Waals surface area contributed by atoms with Gasteiger partial charge in [-0.3, -0.25) is 0 Å². The average Bonchev–Trinajstić information content (AvgIpc) is 3.90. The van der Waals surface area contributed by atoms with E-state index in [4.69, 9.17) is 0 Å². The quantitative estimate of drug-likeness (QED) is 0.151. The molecule has 62 heavy (non-hydrogen) atoms. The summed E-state index contributed by atoms with van der Waals surface area (Å²) in [6.45, 7) is 0. The van der Waals surface area contributed by atoms with Crippen molar-refractivity contribution in [1.29, 1.82) is 0 Å². The molecule has 0 radical (unpaired) electrons. The van der Waals surface area contributed by atoms with Crippen molar-refractivity contribution in [2.75, 3.05) is 0 Å². The normalized spacial score (nSPS) is 11.5. The second-order valence-corrected chi connectivity index (χ2v) is 17.2. The first-order valence-corrected chi connectivity index (χ1v) is 22.0. The maximum atomic E-state index is 2.42. The number of nitrogens with zero attached hydrogens (tertiary/aromatic N) is 1. The third kappa shape index (κ3) is 6.32.